The highest BCUT2D eigenvalue weighted by Crippen LogP contribution is 2.30. The van der Waals surface area contributed by atoms with Crippen LogP contribution < -0.4 is 0 Å². The molecule has 0 spiro atoms. The van der Waals surface area contributed by atoms with Gasteiger partial charge in [0.05, 0.1) is 0 Å². The van der Waals surface area contributed by atoms with Crippen LogP contribution in [0.25, 0.3) is 0 Å². The lowest BCUT2D eigenvalue weighted by Gasteiger charge is -2.22. The van der Waals surface area contributed by atoms with E-state index in [1.807, 2.05) is 25.4 Å². The Morgan fingerprint density at radius 1 is 1.33 bits per heavy atom. The number of hydrogen-bond donors (Lipinski definition) is 0. The molecule has 0 amide bonds. The third-order valence-electron chi connectivity index (χ3n) is 3.13. The molecule has 1 heterocycles. The Morgan fingerprint density at radius 3 is 2.43 bits per heavy atom. The van der Waals surface area contributed by atoms with Gasteiger partial charge in [0, 0.05) is 19.2 Å². The quantitative estimate of drug-likeness (QED) is 0.798. The molecule has 0 bridgehead atoms. The van der Waals surface area contributed by atoms with Gasteiger partial charge in [-0.05, 0) is 18.9 Å². The Morgan fingerprint density at radius 2 is 1.95 bits per heavy atom. The lowest BCUT2D eigenvalue weighted by Crippen LogP contribution is -2.43. The van der Waals surface area contributed by atoms with Crippen LogP contribution in [0.4, 0.5) is 13.2 Å². The van der Waals surface area contributed by atoms with E-state index < -0.39 is 12.4 Å². The van der Waals surface area contributed by atoms with Crippen LogP contribution in [-0.4, -0.2) is 47.8 Å². The first-order valence-electron chi connectivity index (χ1n) is 6.21. The van der Waals surface area contributed by atoms with Gasteiger partial charge in [0.2, 0.25) is 0 Å². The van der Waals surface area contributed by atoms with E-state index in [1.165, 1.54) is 7.05 Å². The fourth-order valence-corrected chi connectivity index (χ4v) is 2.24. The minimum atomic E-state index is -4.47. The van der Waals surface area contributed by atoms with E-state index in [4.69, 9.17) is 0 Å². The van der Waals surface area contributed by atoms with E-state index in [2.05, 4.69) is 14.3 Å². The zero-order valence-corrected chi connectivity index (χ0v) is 12.7. The van der Waals surface area contributed by atoms with Gasteiger partial charge in [-0.2, -0.15) is 13.2 Å². The highest BCUT2D eigenvalue weighted by molar-refractivity contribution is 7.96. The van der Waals surface area contributed by atoms with Crippen molar-refractivity contribution < 1.29 is 18.0 Å². The molecule has 1 atom stereocenters. The molecule has 8 heteroatoms. The number of amidine groups is 1. The highest BCUT2D eigenvalue weighted by atomic mass is 32.2. The summed E-state index contributed by atoms with van der Waals surface area (Å²) in [7, 11) is 3.29. The lowest BCUT2D eigenvalue weighted by molar-refractivity contribution is -0.241. The average Bonchev–Trinajstić information content (AvgIpc) is 2.81. The maximum Gasteiger partial charge on any atom is 0.448 e. The minimum absolute atomic E-state index is 0.182. The topological polar surface area (TPSA) is 28.1 Å². The largest absolute Gasteiger partial charge is 0.448 e. The molecule has 2 rings (SSSR count). The van der Waals surface area contributed by atoms with Gasteiger partial charge >= 0.3 is 6.18 Å². The van der Waals surface area contributed by atoms with Crippen LogP contribution in [-0.2, 0) is 11.4 Å². The molecule has 21 heavy (non-hydrogen) atoms. The maximum absolute atomic E-state index is 12.7. The molecule has 1 aliphatic rings. The molecule has 4 nitrogen and oxygen atoms in total. The van der Waals surface area contributed by atoms with E-state index >= 15 is 0 Å². The monoisotopic (exact) mass is 319 g/mol. The first-order valence-corrected chi connectivity index (χ1v) is 7.39. The maximum atomic E-state index is 12.7. The molecule has 0 saturated heterocycles. The number of halogens is 3. The molecule has 1 aromatic carbocycles. The molecule has 116 valence electrons. The summed E-state index contributed by atoms with van der Waals surface area (Å²) in [5, 5.41) is 3.55. The van der Waals surface area contributed by atoms with E-state index in [0.717, 1.165) is 17.0 Å². The second kappa shape index (κ2) is 6.15. The summed E-state index contributed by atoms with van der Waals surface area (Å²) in [5.74, 6) is 0.182. The number of nitrogens with zero attached hydrogens (tertiary/aromatic N) is 3. The fraction of sp³-hybridized carbons (Fsp3) is 0.462. The van der Waals surface area contributed by atoms with E-state index in [9.17, 15) is 13.2 Å². The minimum Gasteiger partial charge on any atom is -0.358 e. The molecular formula is C13H16F3N3OS. The van der Waals surface area contributed by atoms with Gasteiger partial charge in [0.1, 0.15) is 0 Å². The molecule has 0 saturated carbocycles. The SMILES string of the molecule is CSN(C)Cc1ccc(C2=NOC(C(F)(F)F)N2C)cc1. The predicted octanol–water partition coefficient (Wildman–Crippen LogP) is 2.91. The zero-order chi connectivity index (χ0) is 15.6. The molecule has 1 unspecified atom stereocenters. The summed E-state index contributed by atoms with van der Waals surface area (Å²) in [5.41, 5.74) is 1.67. The molecule has 1 aromatic rings. The van der Waals surface area contributed by atoms with Crippen molar-refractivity contribution in [2.45, 2.75) is 18.9 Å². The van der Waals surface area contributed by atoms with Gasteiger partial charge in [0.25, 0.3) is 6.23 Å². The number of oxime groups is 1. The fourth-order valence-electron chi connectivity index (χ4n) is 1.96. The van der Waals surface area contributed by atoms with Crippen molar-refractivity contribution in [3.8, 4) is 0 Å². The summed E-state index contributed by atoms with van der Waals surface area (Å²) >= 11 is 1.61. The van der Waals surface area contributed by atoms with Gasteiger partial charge in [-0.25, -0.2) is 4.31 Å². The van der Waals surface area contributed by atoms with E-state index in [0.29, 0.717) is 5.56 Å². The van der Waals surface area contributed by atoms with Gasteiger partial charge in [-0.1, -0.05) is 41.4 Å². The average molecular weight is 319 g/mol. The Balaban J connectivity index is 2.10. The van der Waals surface area contributed by atoms with Crippen molar-refractivity contribution in [3.05, 3.63) is 35.4 Å². The summed E-state index contributed by atoms with van der Waals surface area (Å²) in [6, 6.07) is 7.25. The van der Waals surface area contributed by atoms with Crippen molar-refractivity contribution in [3.63, 3.8) is 0 Å². The smallest absolute Gasteiger partial charge is 0.358 e. The molecule has 1 aliphatic heterocycles. The summed E-state index contributed by atoms with van der Waals surface area (Å²) < 4.78 is 40.1. The Bertz CT molecular complexity index is 518. The number of hydrogen-bond acceptors (Lipinski definition) is 5. The second-order valence-electron chi connectivity index (χ2n) is 4.69. The van der Waals surface area contributed by atoms with Crippen molar-refractivity contribution in [2.75, 3.05) is 20.4 Å². The Kier molecular flexibility index (Phi) is 4.67. The predicted molar refractivity (Wildman–Crippen MR) is 76.7 cm³/mol. The first-order chi connectivity index (χ1) is 9.82. The van der Waals surface area contributed by atoms with Crippen molar-refractivity contribution in [1.82, 2.24) is 9.21 Å². The third-order valence-corrected chi connectivity index (χ3v) is 3.89. The second-order valence-corrected chi connectivity index (χ2v) is 5.68. The summed E-state index contributed by atoms with van der Waals surface area (Å²) in [6.45, 7) is 0.755. The molecule has 0 N–H and O–H groups in total. The van der Waals surface area contributed by atoms with Gasteiger partial charge < -0.3 is 9.74 Å². The van der Waals surface area contributed by atoms with E-state index in [-0.39, 0.29) is 5.84 Å². The molecule has 0 aromatic heterocycles. The van der Waals surface area contributed by atoms with Gasteiger partial charge in [0.15, 0.2) is 5.84 Å². The van der Waals surface area contributed by atoms with Gasteiger partial charge in [-0.15, -0.1) is 0 Å². The molecule has 0 aliphatic carbocycles. The lowest BCUT2D eigenvalue weighted by atomic mass is 10.1. The van der Waals surface area contributed by atoms with Crippen LogP contribution in [0, 0.1) is 0 Å². The summed E-state index contributed by atoms with van der Waals surface area (Å²) in [6.07, 6.45) is -4.51. The van der Waals surface area contributed by atoms with Crippen LogP contribution in [0.2, 0.25) is 0 Å². The van der Waals surface area contributed by atoms with Crippen LogP contribution in [0.3, 0.4) is 0 Å². The molecular weight excluding hydrogens is 303 g/mol. The van der Waals surface area contributed by atoms with Crippen molar-refractivity contribution in [1.29, 1.82) is 0 Å². The van der Waals surface area contributed by atoms with Crippen LogP contribution in [0.1, 0.15) is 11.1 Å². The molecule has 0 fully saturated rings. The first kappa shape index (κ1) is 16.0. The Hall–Kier alpha value is -1.41. The highest BCUT2D eigenvalue weighted by Gasteiger charge is 2.49. The van der Waals surface area contributed by atoms with Crippen molar-refractivity contribution in [2.24, 2.45) is 5.16 Å². The van der Waals surface area contributed by atoms with E-state index in [1.54, 1.807) is 24.1 Å². The standard InChI is InChI=1S/C13H16F3N3OS/c1-18(21-3)8-9-4-6-10(7-5-9)11-17-20-12(19(11)2)13(14,15)16/h4-7,12H,8H2,1-3H3. The normalized spacial score (nSPS) is 18.9. The summed E-state index contributed by atoms with van der Waals surface area (Å²) in [4.78, 5) is 5.48. The van der Waals surface area contributed by atoms with Gasteiger partial charge in [-0.3, -0.25) is 0 Å². The zero-order valence-electron chi connectivity index (χ0n) is 11.9. The van der Waals surface area contributed by atoms with Crippen LogP contribution in [0.15, 0.2) is 29.4 Å². The van der Waals surface area contributed by atoms with Crippen LogP contribution in [0.5, 0.6) is 0 Å². The van der Waals surface area contributed by atoms with Crippen molar-refractivity contribution >= 4 is 17.8 Å². The molecule has 0 radical (unpaired) electrons. The number of benzene rings is 1. The van der Waals surface area contributed by atoms with Crippen LogP contribution >= 0.6 is 11.9 Å². The number of rotatable bonds is 4. The third kappa shape index (κ3) is 3.62. The Labute approximate surface area is 125 Å². The number of alkyl halides is 3.